The van der Waals surface area contributed by atoms with Crippen LogP contribution in [0.4, 0.5) is 5.69 Å². The largest absolute Gasteiger partial charge is 0.355 e. The smallest absolute Gasteiger partial charge is 0.293 e. The molecule has 0 saturated heterocycles. The maximum absolute atomic E-state index is 12.8. The van der Waals surface area contributed by atoms with Crippen LogP contribution in [0.15, 0.2) is 42.6 Å². The summed E-state index contributed by atoms with van der Waals surface area (Å²) in [5.74, 6) is -0.750. The Kier molecular flexibility index (Phi) is 6.15. The predicted octanol–water partition coefficient (Wildman–Crippen LogP) is 4.68. The SMILES string of the molecule is CNC(=O)c1ccc(C)c(NC(=O)c2nccc(-c3cc(Cl)ccc3Cl)n2)c1C. The van der Waals surface area contributed by atoms with E-state index in [1.165, 1.54) is 6.20 Å². The van der Waals surface area contributed by atoms with E-state index in [1.54, 1.807) is 50.4 Å². The van der Waals surface area contributed by atoms with E-state index in [2.05, 4.69) is 20.6 Å². The van der Waals surface area contributed by atoms with Gasteiger partial charge in [0.2, 0.25) is 5.82 Å². The molecule has 0 aliphatic rings. The highest BCUT2D eigenvalue weighted by molar-refractivity contribution is 6.35. The van der Waals surface area contributed by atoms with Crippen LogP contribution in [-0.2, 0) is 0 Å². The highest BCUT2D eigenvalue weighted by Gasteiger charge is 2.18. The Bertz CT molecular complexity index is 1120. The van der Waals surface area contributed by atoms with Gasteiger partial charge in [-0.3, -0.25) is 9.59 Å². The minimum Gasteiger partial charge on any atom is -0.355 e. The monoisotopic (exact) mass is 428 g/mol. The van der Waals surface area contributed by atoms with E-state index in [9.17, 15) is 9.59 Å². The highest BCUT2D eigenvalue weighted by atomic mass is 35.5. The number of nitrogens with zero attached hydrogens (tertiary/aromatic N) is 2. The van der Waals surface area contributed by atoms with E-state index < -0.39 is 5.91 Å². The molecule has 2 amide bonds. The lowest BCUT2D eigenvalue weighted by molar-refractivity contribution is 0.0960. The van der Waals surface area contributed by atoms with Crippen LogP contribution in [0.2, 0.25) is 10.0 Å². The first kappa shape index (κ1) is 20.8. The normalized spacial score (nSPS) is 10.5. The maximum atomic E-state index is 12.8. The van der Waals surface area contributed by atoms with E-state index in [4.69, 9.17) is 23.2 Å². The van der Waals surface area contributed by atoms with Crippen molar-refractivity contribution in [3.05, 3.63) is 75.2 Å². The molecule has 0 spiro atoms. The molecule has 6 nitrogen and oxygen atoms in total. The van der Waals surface area contributed by atoms with Gasteiger partial charge < -0.3 is 10.6 Å². The number of hydrogen-bond acceptors (Lipinski definition) is 4. The van der Waals surface area contributed by atoms with Crippen molar-refractivity contribution in [3.8, 4) is 11.3 Å². The quantitative estimate of drug-likeness (QED) is 0.631. The lowest BCUT2D eigenvalue weighted by Crippen LogP contribution is -2.21. The molecule has 8 heteroatoms. The van der Waals surface area contributed by atoms with Gasteiger partial charge in [-0.1, -0.05) is 29.3 Å². The van der Waals surface area contributed by atoms with Gasteiger partial charge >= 0.3 is 0 Å². The fourth-order valence-corrected chi connectivity index (χ4v) is 3.29. The van der Waals surface area contributed by atoms with E-state index in [-0.39, 0.29) is 11.7 Å². The van der Waals surface area contributed by atoms with Crippen LogP contribution in [0.25, 0.3) is 11.3 Å². The molecular formula is C21H18Cl2N4O2. The van der Waals surface area contributed by atoms with Crippen LogP contribution in [0.1, 0.15) is 32.1 Å². The number of aromatic nitrogens is 2. The Morgan fingerprint density at radius 2 is 1.76 bits per heavy atom. The van der Waals surface area contributed by atoms with E-state index in [1.807, 2.05) is 6.92 Å². The third-order valence-corrected chi connectivity index (χ3v) is 5.01. The third-order valence-electron chi connectivity index (χ3n) is 4.45. The van der Waals surface area contributed by atoms with Gasteiger partial charge in [-0.15, -0.1) is 0 Å². The Hall–Kier alpha value is -2.96. The number of nitrogens with one attached hydrogen (secondary N) is 2. The molecule has 0 aliphatic carbocycles. The fourth-order valence-electron chi connectivity index (χ4n) is 2.90. The van der Waals surface area contributed by atoms with Crippen molar-refractivity contribution in [3.63, 3.8) is 0 Å². The lowest BCUT2D eigenvalue weighted by Gasteiger charge is -2.14. The molecule has 0 unspecified atom stereocenters. The predicted molar refractivity (Wildman–Crippen MR) is 115 cm³/mol. The van der Waals surface area contributed by atoms with Crippen LogP contribution in [-0.4, -0.2) is 28.8 Å². The van der Waals surface area contributed by atoms with Gasteiger partial charge in [0.15, 0.2) is 0 Å². The van der Waals surface area contributed by atoms with Crippen molar-refractivity contribution in [1.29, 1.82) is 0 Å². The van der Waals surface area contributed by atoms with Crippen molar-refractivity contribution >= 4 is 40.7 Å². The van der Waals surface area contributed by atoms with Crippen molar-refractivity contribution in [2.24, 2.45) is 0 Å². The Labute approximate surface area is 178 Å². The number of hydrogen-bond donors (Lipinski definition) is 2. The van der Waals surface area contributed by atoms with E-state index in [0.29, 0.717) is 38.1 Å². The summed E-state index contributed by atoms with van der Waals surface area (Å²) in [6, 6.07) is 10.2. The zero-order valence-corrected chi connectivity index (χ0v) is 17.5. The minimum atomic E-state index is -0.495. The Morgan fingerprint density at radius 3 is 2.48 bits per heavy atom. The second-order valence-corrected chi connectivity index (χ2v) is 7.20. The van der Waals surface area contributed by atoms with Crippen LogP contribution < -0.4 is 10.6 Å². The van der Waals surface area contributed by atoms with Crippen molar-refractivity contribution in [2.75, 3.05) is 12.4 Å². The van der Waals surface area contributed by atoms with Gasteiger partial charge in [0.1, 0.15) is 0 Å². The van der Waals surface area contributed by atoms with Crippen LogP contribution in [0.5, 0.6) is 0 Å². The number of carbonyl (C=O) groups excluding carboxylic acids is 2. The molecule has 0 aliphatic heterocycles. The third kappa shape index (κ3) is 4.39. The van der Waals surface area contributed by atoms with E-state index >= 15 is 0 Å². The number of rotatable bonds is 4. The zero-order valence-electron chi connectivity index (χ0n) is 16.0. The molecule has 2 aromatic carbocycles. The molecule has 0 fully saturated rings. The lowest BCUT2D eigenvalue weighted by atomic mass is 10.0. The topological polar surface area (TPSA) is 84.0 Å². The van der Waals surface area contributed by atoms with E-state index in [0.717, 1.165) is 5.56 Å². The first-order valence-electron chi connectivity index (χ1n) is 8.74. The number of amides is 2. The number of anilines is 1. The molecule has 1 heterocycles. The molecule has 1 aromatic heterocycles. The Morgan fingerprint density at radius 1 is 1.00 bits per heavy atom. The average molecular weight is 429 g/mol. The first-order chi connectivity index (χ1) is 13.8. The van der Waals surface area contributed by atoms with Crippen LogP contribution in [0.3, 0.4) is 0 Å². The summed E-state index contributed by atoms with van der Waals surface area (Å²) in [5.41, 5.74) is 3.58. The van der Waals surface area contributed by atoms with Crippen LogP contribution in [0, 0.1) is 13.8 Å². The summed E-state index contributed by atoms with van der Waals surface area (Å²) in [4.78, 5) is 33.2. The van der Waals surface area contributed by atoms with Gasteiger partial charge in [0.05, 0.1) is 10.7 Å². The molecule has 3 rings (SSSR count). The second kappa shape index (κ2) is 8.59. The number of halogens is 2. The number of aryl methyl sites for hydroxylation is 1. The highest BCUT2D eigenvalue weighted by Crippen LogP contribution is 2.29. The molecule has 2 N–H and O–H groups in total. The summed E-state index contributed by atoms with van der Waals surface area (Å²) in [5, 5.41) is 6.37. The summed E-state index contributed by atoms with van der Waals surface area (Å²) < 4.78 is 0. The Balaban J connectivity index is 1.95. The van der Waals surface area contributed by atoms with Gasteiger partial charge in [-0.25, -0.2) is 9.97 Å². The number of carbonyl (C=O) groups is 2. The molecular weight excluding hydrogens is 411 g/mol. The molecule has 3 aromatic rings. The fraction of sp³-hybridized carbons (Fsp3) is 0.143. The van der Waals surface area contributed by atoms with Gasteiger partial charge in [0.25, 0.3) is 11.8 Å². The van der Waals surface area contributed by atoms with Gasteiger partial charge in [0, 0.05) is 35.1 Å². The molecule has 148 valence electrons. The second-order valence-electron chi connectivity index (χ2n) is 6.35. The summed E-state index contributed by atoms with van der Waals surface area (Å²) in [7, 11) is 1.56. The number of benzene rings is 2. The van der Waals surface area contributed by atoms with Gasteiger partial charge in [-0.05, 0) is 55.3 Å². The summed E-state index contributed by atoms with van der Waals surface area (Å²) >= 11 is 12.3. The van der Waals surface area contributed by atoms with Crippen LogP contribution >= 0.6 is 23.2 Å². The summed E-state index contributed by atoms with van der Waals surface area (Å²) in [6.07, 6.45) is 1.48. The standard InChI is InChI=1S/C21H18Cl2N4O2/c1-11-4-6-14(20(28)24-3)12(2)18(11)27-21(29)19-25-9-8-17(26-19)15-10-13(22)5-7-16(15)23/h4-10H,1-3H3,(H,24,28)(H,27,29). The minimum absolute atomic E-state index is 0.0253. The molecule has 0 atom stereocenters. The first-order valence-corrected chi connectivity index (χ1v) is 9.49. The van der Waals surface area contributed by atoms with Crippen molar-refractivity contribution < 1.29 is 9.59 Å². The zero-order chi connectivity index (χ0) is 21.1. The van der Waals surface area contributed by atoms with Crippen molar-refractivity contribution in [2.45, 2.75) is 13.8 Å². The molecule has 0 saturated carbocycles. The summed E-state index contributed by atoms with van der Waals surface area (Å²) in [6.45, 7) is 3.62. The van der Waals surface area contributed by atoms with Crippen molar-refractivity contribution in [1.82, 2.24) is 15.3 Å². The van der Waals surface area contributed by atoms with Gasteiger partial charge in [-0.2, -0.15) is 0 Å². The molecule has 0 bridgehead atoms. The molecule has 0 radical (unpaired) electrons. The molecule has 29 heavy (non-hydrogen) atoms. The maximum Gasteiger partial charge on any atom is 0.293 e. The average Bonchev–Trinajstić information content (AvgIpc) is 2.72.